The fourth-order valence-electron chi connectivity index (χ4n) is 3.10. The van der Waals surface area contributed by atoms with Crippen molar-refractivity contribution >= 4 is 46.0 Å². The predicted molar refractivity (Wildman–Crippen MR) is 128 cm³/mol. The fraction of sp³-hybridized carbons (Fsp3) is 0.174. The molecule has 2 aromatic carbocycles. The van der Waals surface area contributed by atoms with Crippen LogP contribution in [0, 0.1) is 0 Å². The van der Waals surface area contributed by atoms with Crippen molar-refractivity contribution in [3.8, 4) is 5.75 Å². The zero-order valence-corrected chi connectivity index (χ0v) is 18.9. The maximum atomic E-state index is 12.5. The molecular weight excluding hydrogens is 440 g/mol. The molecule has 0 bridgehead atoms. The molecule has 2 amide bonds. The van der Waals surface area contributed by atoms with E-state index < -0.39 is 0 Å². The normalized spacial score (nSPS) is 10.7. The summed E-state index contributed by atoms with van der Waals surface area (Å²) in [5.41, 5.74) is 2.47. The molecule has 2 aromatic heterocycles. The molecule has 0 saturated carbocycles. The van der Waals surface area contributed by atoms with Crippen molar-refractivity contribution in [3.05, 3.63) is 66.6 Å². The van der Waals surface area contributed by atoms with Gasteiger partial charge in [-0.3, -0.25) is 14.3 Å². The van der Waals surface area contributed by atoms with E-state index in [0.717, 1.165) is 11.1 Å². The van der Waals surface area contributed by atoms with Crippen LogP contribution in [-0.2, 0) is 11.8 Å². The molecule has 10 heteroatoms. The van der Waals surface area contributed by atoms with Crippen LogP contribution in [0.5, 0.6) is 5.75 Å². The Morgan fingerprint density at radius 2 is 1.70 bits per heavy atom. The first kappa shape index (κ1) is 22.3. The lowest BCUT2D eigenvalue weighted by atomic mass is 10.2. The van der Waals surface area contributed by atoms with Crippen molar-refractivity contribution in [2.45, 2.75) is 11.9 Å². The van der Waals surface area contributed by atoms with Gasteiger partial charge in [0, 0.05) is 24.0 Å². The van der Waals surface area contributed by atoms with E-state index in [2.05, 4.69) is 25.7 Å². The molecule has 0 aliphatic rings. The van der Waals surface area contributed by atoms with Crippen LogP contribution in [0.3, 0.4) is 0 Å². The first-order chi connectivity index (χ1) is 16.0. The number of thioether (sulfide) groups is 1. The van der Waals surface area contributed by atoms with Crippen molar-refractivity contribution in [1.29, 1.82) is 0 Å². The molecule has 0 fully saturated rings. The summed E-state index contributed by atoms with van der Waals surface area (Å²) in [6, 6.07) is 13.9. The van der Waals surface area contributed by atoms with Gasteiger partial charge in [0.25, 0.3) is 5.91 Å². The fourth-order valence-corrected chi connectivity index (χ4v) is 3.86. The number of carbonyl (C=O) groups is 2. The molecule has 0 aliphatic carbocycles. The monoisotopic (exact) mass is 462 g/mol. The number of hydrogen-bond acceptors (Lipinski definition) is 7. The average Bonchev–Trinajstić information content (AvgIpc) is 3.21. The van der Waals surface area contributed by atoms with Gasteiger partial charge in [-0.2, -0.15) is 5.10 Å². The Bertz CT molecular complexity index is 1270. The molecule has 4 aromatic rings. The largest absolute Gasteiger partial charge is 0.494 e. The van der Waals surface area contributed by atoms with Gasteiger partial charge in [-0.1, -0.05) is 11.8 Å². The topological polar surface area (TPSA) is 111 Å². The number of fused-ring (bicyclic) bond motifs is 1. The maximum absolute atomic E-state index is 12.5. The van der Waals surface area contributed by atoms with Crippen LogP contribution in [-0.4, -0.2) is 43.9 Å². The van der Waals surface area contributed by atoms with Crippen LogP contribution < -0.4 is 15.4 Å². The summed E-state index contributed by atoms with van der Waals surface area (Å²) in [6.07, 6.45) is 3.15. The lowest BCUT2D eigenvalue weighted by Gasteiger charge is -2.09. The van der Waals surface area contributed by atoms with E-state index in [0.29, 0.717) is 34.2 Å². The Labute approximate surface area is 194 Å². The van der Waals surface area contributed by atoms with Crippen LogP contribution >= 0.6 is 11.8 Å². The Balaban J connectivity index is 1.31. The van der Waals surface area contributed by atoms with E-state index in [1.165, 1.54) is 18.1 Å². The standard InChI is InChI=1S/C23H22N6O3S/c1-3-32-18-10-8-17(9-11-18)28-22(31)15-4-6-16(7-5-15)27-20(30)13-33-23-19-12-26-29(2)21(19)24-14-25-23/h4-12,14H,3,13H2,1-2H3,(H,27,30)(H,28,31). The van der Waals surface area contributed by atoms with Gasteiger partial charge in [0.1, 0.15) is 17.1 Å². The van der Waals surface area contributed by atoms with Crippen molar-refractivity contribution in [2.75, 3.05) is 23.0 Å². The first-order valence-corrected chi connectivity index (χ1v) is 11.2. The summed E-state index contributed by atoms with van der Waals surface area (Å²) in [5, 5.41) is 11.3. The second kappa shape index (κ2) is 10.1. The minimum absolute atomic E-state index is 0.178. The van der Waals surface area contributed by atoms with Gasteiger partial charge in [0.2, 0.25) is 5.91 Å². The van der Waals surface area contributed by atoms with E-state index in [1.54, 1.807) is 66.5 Å². The molecule has 0 spiro atoms. The smallest absolute Gasteiger partial charge is 0.255 e. The molecule has 4 rings (SSSR count). The van der Waals surface area contributed by atoms with Gasteiger partial charge in [0.15, 0.2) is 5.65 Å². The Kier molecular flexibility index (Phi) is 6.84. The van der Waals surface area contributed by atoms with Crippen molar-refractivity contribution in [2.24, 2.45) is 7.05 Å². The molecule has 168 valence electrons. The number of nitrogens with zero attached hydrogens (tertiary/aromatic N) is 4. The Morgan fingerprint density at radius 3 is 2.42 bits per heavy atom. The molecule has 0 aliphatic heterocycles. The Hall–Kier alpha value is -3.92. The van der Waals surface area contributed by atoms with E-state index >= 15 is 0 Å². The highest BCUT2D eigenvalue weighted by atomic mass is 32.2. The second-order valence-electron chi connectivity index (χ2n) is 7.01. The van der Waals surface area contributed by atoms with E-state index in [9.17, 15) is 9.59 Å². The minimum atomic E-state index is -0.239. The second-order valence-corrected chi connectivity index (χ2v) is 7.97. The lowest BCUT2D eigenvalue weighted by molar-refractivity contribution is -0.113. The first-order valence-electron chi connectivity index (χ1n) is 10.2. The molecule has 2 N–H and O–H groups in total. The molecule has 0 atom stereocenters. The number of carbonyl (C=O) groups excluding carboxylic acids is 2. The lowest BCUT2D eigenvalue weighted by Crippen LogP contribution is -2.15. The highest BCUT2D eigenvalue weighted by Gasteiger charge is 2.12. The number of hydrogen-bond donors (Lipinski definition) is 2. The van der Waals surface area contributed by atoms with Crippen molar-refractivity contribution in [1.82, 2.24) is 19.7 Å². The number of benzene rings is 2. The number of nitrogens with one attached hydrogen (secondary N) is 2. The van der Waals surface area contributed by atoms with Crippen molar-refractivity contribution < 1.29 is 14.3 Å². The summed E-state index contributed by atoms with van der Waals surface area (Å²) in [4.78, 5) is 33.3. The third kappa shape index (κ3) is 5.47. The molecule has 9 nitrogen and oxygen atoms in total. The SMILES string of the molecule is CCOc1ccc(NC(=O)c2ccc(NC(=O)CSc3ncnc4c3cnn4C)cc2)cc1. The Morgan fingerprint density at radius 1 is 1.00 bits per heavy atom. The number of ether oxygens (including phenoxy) is 1. The summed E-state index contributed by atoms with van der Waals surface area (Å²) in [6.45, 7) is 2.50. The van der Waals surface area contributed by atoms with Crippen LogP contribution in [0.2, 0.25) is 0 Å². The summed E-state index contributed by atoms with van der Waals surface area (Å²) in [7, 11) is 1.80. The van der Waals surface area contributed by atoms with Crippen molar-refractivity contribution in [3.63, 3.8) is 0 Å². The van der Waals surface area contributed by atoms with E-state index in [1.807, 2.05) is 6.92 Å². The third-order valence-corrected chi connectivity index (χ3v) is 5.69. The van der Waals surface area contributed by atoms with Gasteiger partial charge < -0.3 is 15.4 Å². The quantitative estimate of drug-likeness (QED) is 0.303. The zero-order valence-electron chi connectivity index (χ0n) is 18.1. The maximum Gasteiger partial charge on any atom is 0.255 e. The number of aromatic nitrogens is 4. The van der Waals surface area contributed by atoms with Gasteiger partial charge in [-0.15, -0.1) is 0 Å². The number of anilines is 2. The highest BCUT2D eigenvalue weighted by molar-refractivity contribution is 8.00. The summed E-state index contributed by atoms with van der Waals surface area (Å²) >= 11 is 1.31. The molecule has 0 saturated heterocycles. The molecule has 0 radical (unpaired) electrons. The van der Waals surface area contributed by atoms with Crippen LogP contribution in [0.15, 0.2) is 66.1 Å². The van der Waals surface area contributed by atoms with Crippen LogP contribution in [0.1, 0.15) is 17.3 Å². The third-order valence-electron chi connectivity index (χ3n) is 4.69. The molecule has 33 heavy (non-hydrogen) atoms. The summed E-state index contributed by atoms with van der Waals surface area (Å²) < 4.78 is 7.06. The highest BCUT2D eigenvalue weighted by Crippen LogP contribution is 2.24. The molecular formula is C23H22N6O3S. The number of aryl methyl sites for hydroxylation is 1. The van der Waals surface area contributed by atoms with Gasteiger partial charge in [0.05, 0.1) is 23.9 Å². The van der Waals surface area contributed by atoms with E-state index in [4.69, 9.17) is 4.74 Å². The van der Waals surface area contributed by atoms with E-state index in [-0.39, 0.29) is 17.6 Å². The van der Waals surface area contributed by atoms with Crippen LogP contribution in [0.4, 0.5) is 11.4 Å². The van der Waals surface area contributed by atoms with Gasteiger partial charge >= 0.3 is 0 Å². The van der Waals surface area contributed by atoms with Gasteiger partial charge in [-0.05, 0) is 55.5 Å². The molecule has 0 unspecified atom stereocenters. The summed E-state index contributed by atoms with van der Waals surface area (Å²) in [5.74, 6) is 0.512. The minimum Gasteiger partial charge on any atom is -0.494 e. The zero-order chi connectivity index (χ0) is 23.2. The molecule has 2 heterocycles. The van der Waals surface area contributed by atoms with Crippen LogP contribution in [0.25, 0.3) is 11.0 Å². The number of rotatable bonds is 8. The number of amides is 2. The average molecular weight is 463 g/mol. The predicted octanol–water partition coefficient (Wildman–Crippen LogP) is 3.75. The van der Waals surface area contributed by atoms with Gasteiger partial charge in [-0.25, -0.2) is 9.97 Å².